The summed E-state index contributed by atoms with van der Waals surface area (Å²) in [5, 5.41) is 20.0. The van der Waals surface area contributed by atoms with E-state index in [1.54, 1.807) is 12.1 Å². The summed E-state index contributed by atoms with van der Waals surface area (Å²) in [7, 11) is 0. The maximum absolute atomic E-state index is 11.3. The van der Waals surface area contributed by atoms with Crippen molar-refractivity contribution in [3.05, 3.63) is 39.9 Å². The van der Waals surface area contributed by atoms with Gasteiger partial charge >= 0.3 is 5.97 Å². The SMILES string of the molecule is O=C(O)[C@@H](Cc1cccc([N+](=O)[O-])c1)N1CCCC1. The second kappa shape index (κ2) is 5.79. The first kappa shape index (κ1) is 13.5. The Kier molecular flexibility index (Phi) is 4.11. The van der Waals surface area contributed by atoms with Crippen LogP contribution in [0.3, 0.4) is 0 Å². The van der Waals surface area contributed by atoms with Crippen LogP contribution in [0.25, 0.3) is 0 Å². The van der Waals surface area contributed by atoms with Gasteiger partial charge in [0.25, 0.3) is 5.69 Å². The van der Waals surface area contributed by atoms with Crippen molar-refractivity contribution >= 4 is 11.7 Å². The van der Waals surface area contributed by atoms with E-state index < -0.39 is 16.9 Å². The molecule has 1 N–H and O–H groups in total. The van der Waals surface area contributed by atoms with Gasteiger partial charge in [-0.25, -0.2) is 0 Å². The van der Waals surface area contributed by atoms with Crippen molar-refractivity contribution in [3.8, 4) is 0 Å². The number of nitro benzene ring substituents is 1. The average molecular weight is 264 g/mol. The molecule has 19 heavy (non-hydrogen) atoms. The first-order chi connectivity index (χ1) is 9.08. The lowest BCUT2D eigenvalue weighted by Crippen LogP contribution is -2.40. The molecule has 0 radical (unpaired) electrons. The second-order valence-corrected chi connectivity index (χ2v) is 4.73. The third-order valence-electron chi connectivity index (χ3n) is 3.42. The molecule has 1 aliphatic heterocycles. The van der Waals surface area contributed by atoms with Gasteiger partial charge in [0.2, 0.25) is 0 Å². The number of non-ortho nitro benzene ring substituents is 1. The molecule has 1 aromatic rings. The fourth-order valence-corrected chi connectivity index (χ4v) is 2.45. The van der Waals surface area contributed by atoms with Gasteiger partial charge in [0.1, 0.15) is 6.04 Å². The van der Waals surface area contributed by atoms with Crippen molar-refractivity contribution in [3.63, 3.8) is 0 Å². The standard InChI is InChI=1S/C13H16N2O4/c16-13(17)12(14-6-1-2-7-14)9-10-4-3-5-11(8-10)15(18)19/h3-5,8,12H,1-2,6-7,9H2,(H,16,17)/t12-/m1/s1. The molecule has 0 bridgehead atoms. The number of nitrogens with zero attached hydrogens (tertiary/aromatic N) is 2. The summed E-state index contributed by atoms with van der Waals surface area (Å²) in [5.41, 5.74) is 0.691. The topological polar surface area (TPSA) is 83.7 Å². The van der Waals surface area contributed by atoms with E-state index in [0.717, 1.165) is 25.9 Å². The first-order valence-corrected chi connectivity index (χ1v) is 6.28. The zero-order chi connectivity index (χ0) is 13.8. The molecule has 1 atom stereocenters. The van der Waals surface area contributed by atoms with Gasteiger partial charge in [-0.1, -0.05) is 12.1 Å². The quantitative estimate of drug-likeness (QED) is 0.646. The molecule has 1 aliphatic rings. The van der Waals surface area contributed by atoms with Crippen molar-refractivity contribution < 1.29 is 14.8 Å². The van der Waals surface area contributed by atoms with Crippen LogP contribution in [-0.2, 0) is 11.2 Å². The minimum absolute atomic E-state index is 0.00283. The highest BCUT2D eigenvalue weighted by Gasteiger charge is 2.28. The summed E-state index contributed by atoms with van der Waals surface area (Å²) >= 11 is 0. The summed E-state index contributed by atoms with van der Waals surface area (Å²) in [6.07, 6.45) is 2.33. The molecule has 1 heterocycles. The normalized spacial score (nSPS) is 17.3. The van der Waals surface area contributed by atoms with Crippen LogP contribution in [0.1, 0.15) is 18.4 Å². The summed E-state index contributed by atoms with van der Waals surface area (Å²) < 4.78 is 0. The molecule has 0 aromatic heterocycles. The number of likely N-dealkylation sites (tertiary alicyclic amines) is 1. The van der Waals surface area contributed by atoms with Gasteiger partial charge in [-0.2, -0.15) is 0 Å². The molecule has 1 aromatic carbocycles. The van der Waals surface area contributed by atoms with E-state index in [0.29, 0.717) is 12.0 Å². The van der Waals surface area contributed by atoms with Crippen LogP contribution in [0.4, 0.5) is 5.69 Å². The van der Waals surface area contributed by atoms with Crippen LogP contribution in [0, 0.1) is 10.1 Å². The van der Waals surface area contributed by atoms with Crippen molar-refractivity contribution in [2.45, 2.75) is 25.3 Å². The lowest BCUT2D eigenvalue weighted by molar-refractivity contribution is -0.384. The number of rotatable bonds is 5. The number of carbonyl (C=O) groups is 1. The Morgan fingerprint density at radius 2 is 2.11 bits per heavy atom. The van der Waals surface area contributed by atoms with Gasteiger partial charge in [-0.05, 0) is 37.9 Å². The Morgan fingerprint density at radius 3 is 2.68 bits per heavy atom. The summed E-state index contributed by atoms with van der Waals surface area (Å²) in [6.45, 7) is 1.57. The second-order valence-electron chi connectivity index (χ2n) is 4.73. The van der Waals surface area contributed by atoms with Crippen molar-refractivity contribution in [2.75, 3.05) is 13.1 Å². The Balaban J connectivity index is 2.14. The number of benzene rings is 1. The van der Waals surface area contributed by atoms with Gasteiger partial charge in [0.15, 0.2) is 0 Å². The molecule has 102 valence electrons. The van der Waals surface area contributed by atoms with E-state index in [9.17, 15) is 20.0 Å². The maximum atomic E-state index is 11.3. The monoisotopic (exact) mass is 264 g/mol. The zero-order valence-electron chi connectivity index (χ0n) is 10.5. The van der Waals surface area contributed by atoms with E-state index in [1.165, 1.54) is 12.1 Å². The summed E-state index contributed by atoms with van der Waals surface area (Å²) in [5.74, 6) is -0.867. The number of hydrogen-bond acceptors (Lipinski definition) is 4. The van der Waals surface area contributed by atoms with E-state index in [-0.39, 0.29) is 5.69 Å². The average Bonchev–Trinajstić information content (AvgIpc) is 2.89. The van der Waals surface area contributed by atoms with E-state index in [1.807, 2.05) is 4.90 Å². The third-order valence-corrected chi connectivity index (χ3v) is 3.42. The van der Waals surface area contributed by atoms with Crippen LogP contribution in [0.2, 0.25) is 0 Å². The smallest absolute Gasteiger partial charge is 0.321 e. The van der Waals surface area contributed by atoms with Crippen LogP contribution in [-0.4, -0.2) is 40.0 Å². The zero-order valence-corrected chi connectivity index (χ0v) is 10.5. The van der Waals surface area contributed by atoms with Crippen molar-refractivity contribution in [1.82, 2.24) is 4.90 Å². The van der Waals surface area contributed by atoms with Crippen molar-refractivity contribution in [1.29, 1.82) is 0 Å². The Hall–Kier alpha value is -1.95. The molecular weight excluding hydrogens is 248 g/mol. The lowest BCUT2D eigenvalue weighted by atomic mass is 10.0. The molecular formula is C13H16N2O4. The van der Waals surface area contributed by atoms with Crippen LogP contribution in [0.15, 0.2) is 24.3 Å². The number of nitro groups is 1. The van der Waals surface area contributed by atoms with Gasteiger partial charge in [0.05, 0.1) is 4.92 Å². The predicted octanol–water partition coefficient (Wildman–Crippen LogP) is 1.69. The fraction of sp³-hybridized carbons (Fsp3) is 0.462. The Morgan fingerprint density at radius 1 is 1.42 bits per heavy atom. The van der Waals surface area contributed by atoms with Crippen LogP contribution in [0.5, 0.6) is 0 Å². The molecule has 6 heteroatoms. The number of carboxylic acids is 1. The van der Waals surface area contributed by atoms with Crippen molar-refractivity contribution in [2.24, 2.45) is 0 Å². The fourth-order valence-electron chi connectivity index (χ4n) is 2.45. The predicted molar refractivity (Wildman–Crippen MR) is 69.0 cm³/mol. The summed E-state index contributed by atoms with van der Waals surface area (Å²) in [6, 6.07) is 5.60. The number of aliphatic carboxylic acids is 1. The molecule has 0 spiro atoms. The van der Waals surface area contributed by atoms with Gasteiger partial charge in [-0.15, -0.1) is 0 Å². The Bertz CT molecular complexity index is 483. The largest absolute Gasteiger partial charge is 0.480 e. The first-order valence-electron chi connectivity index (χ1n) is 6.28. The number of carboxylic acid groups (broad SMARTS) is 1. The van der Waals surface area contributed by atoms with Gasteiger partial charge in [0, 0.05) is 12.1 Å². The lowest BCUT2D eigenvalue weighted by Gasteiger charge is -2.23. The molecule has 0 aliphatic carbocycles. The van der Waals surface area contributed by atoms with Gasteiger partial charge in [-0.3, -0.25) is 19.8 Å². The minimum Gasteiger partial charge on any atom is -0.480 e. The van der Waals surface area contributed by atoms with E-state index >= 15 is 0 Å². The molecule has 1 fully saturated rings. The molecule has 0 unspecified atom stereocenters. The molecule has 0 saturated carbocycles. The van der Waals surface area contributed by atoms with Crippen LogP contribution >= 0.6 is 0 Å². The van der Waals surface area contributed by atoms with E-state index in [4.69, 9.17) is 0 Å². The van der Waals surface area contributed by atoms with Crippen LogP contribution < -0.4 is 0 Å². The maximum Gasteiger partial charge on any atom is 0.321 e. The Labute approximate surface area is 110 Å². The third kappa shape index (κ3) is 3.29. The van der Waals surface area contributed by atoms with Gasteiger partial charge < -0.3 is 5.11 Å². The van der Waals surface area contributed by atoms with E-state index in [2.05, 4.69) is 0 Å². The highest BCUT2D eigenvalue weighted by atomic mass is 16.6. The number of hydrogen-bond donors (Lipinski definition) is 1. The molecule has 1 saturated heterocycles. The molecule has 6 nitrogen and oxygen atoms in total. The minimum atomic E-state index is -0.867. The highest BCUT2D eigenvalue weighted by Crippen LogP contribution is 2.19. The molecule has 0 amide bonds. The summed E-state index contributed by atoms with van der Waals surface area (Å²) in [4.78, 5) is 23.5. The molecule has 2 rings (SSSR count). The highest BCUT2D eigenvalue weighted by molar-refractivity contribution is 5.74.